The molecule has 0 aliphatic carbocycles. The van der Waals surface area contributed by atoms with Crippen LogP contribution in [0.25, 0.3) is 6.08 Å². The third-order valence-electron chi connectivity index (χ3n) is 4.10. The highest BCUT2D eigenvalue weighted by Gasteiger charge is 2.36. The number of benzene rings is 2. The van der Waals surface area contributed by atoms with E-state index in [1.165, 1.54) is 24.3 Å². The van der Waals surface area contributed by atoms with Crippen molar-refractivity contribution in [3.05, 3.63) is 74.2 Å². The van der Waals surface area contributed by atoms with Crippen LogP contribution in [0.4, 0.5) is 16.2 Å². The van der Waals surface area contributed by atoms with Crippen molar-refractivity contribution in [2.75, 3.05) is 11.9 Å². The van der Waals surface area contributed by atoms with E-state index in [2.05, 4.69) is 5.32 Å². The number of anilines is 1. The third-order valence-corrected chi connectivity index (χ3v) is 5.01. The lowest BCUT2D eigenvalue weighted by Crippen LogP contribution is -2.36. The number of aryl methyl sites for hydroxylation is 2. The maximum absolute atomic E-state index is 12.6. The zero-order valence-electron chi connectivity index (χ0n) is 15.7. The molecule has 0 bridgehead atoms. The summed E-state index contributed by atoms with van der Waals surface area (Å²) in [6.45, 7) is 3.35. The van der Waals surface area contributed by atoms with Crippen molar-refractivity contribution in [3.63, 3.8) is 0 Å². The molecule has 9 heteroatoms. The van der Waals surface area contributed by atoms with E-state index < -0.39 is 28.5 Å². The molecule has 0 radical (unpaired) electrons. The standard InChI is InChI=1S/C20H17N3O5S/c1-12-7-13(2)9-15(8-12)21-18(24)11-22-19(25)17(29-20(22)26)10-14-5-3-4-6-16(14)23(27)28/h3-10H,11H2,1-2H3,(H,21,24)/b17-10+. The number of para-hydroxylation sites is 1. The smallest absolute Gasteiger partial charge is 0.294 e. The van der Waals surface area contributed by atoms with Gasteiger partial charge in [-0.15, -0.1) is 0 Å². The van der Waals surface area contributed by atoms with Crippen molar-refractivity contribution in [1.82, 2.24) is 4.90 Å². The van der Waals surface area contributed by atoms with Gasteiger partial charge in [-0.1, -0.05) is 18.2 Å². The maximum Gasteiger partial charge on any atom is 0.294 e. The van der Waals surface area contributed by atoms with Gasteiger partial charge < -0.3 is 5.32 Å². The highest BCUT2D eigenvalue weighted by Crippen LogP contribution is 2.33. The Labute approximate surface area is 170 Å². The van der Waals surface area contributed by atoms with E-state index in [1.807, 2.05) is 19.9 Å². The normalized spacial score (nSPS) is 15.1. The van der Waals surface area contributed by atoms with Crippen molar-refractivity contribution in [3.8, 4) is 0 Å². The molecule has 0 atom stereocenters. The lowest BCUT2D eigenvalue weighted by Gasteiger charge is -2.13. The van der Waals surface area contributed by atoms with Crippen LogP contribution in [0, 0.1) is 24.0 Å². The first-order valence-electron chi connectivity index (χ1n) is 8.61. The van der Waals surface area contributed by atoms with Crippen molar-refractivity contribution in [2.24, 2.45) is 0 Å². The molecular weight excluding hydrogens is 394 g/mol. The molecular formula is C20H17N3O5S. The van der Waals surface area contributed by atoms with Gasteiger partial charge in [0.05, 0.1) is 15.4 Å². The fourth-order valence-corrected chi connectivity index (χ4v) is 3.77. The van der Waals surface area contributed by atoms with Crippen LogP contribution in [0.1, 0.15) is 16.7 Å². The van der Waals surface area contributed by atoms with Gasteiger partial charge in [-0.3, -0.25) is 29.4 Å². The van der Waals surface area contributed by atoms with E-state index in [0.29, 0.717) is 17.4 Å². The molecule has 3 amide bonds. The summed E-state index contributed by atoms with van der Waals surface area (Å²) in [7, 11) is 0. The number of amides is 3. The molecule has 2 aromatic carbocycles. The Morgan fingerprint density at radius 1 is 1.17 bits per heavy atom. The summed E-state index contributed by atoms with van der Waals surface area (Å²) >= 11 is 0.646. The summed E-state index contributed by atoms with van der Waals surface area (Å²) in [6.07, 6.45) is 1.30. The summed E-state index contributed by atoms with van der Waals surface area (Å²) in [4.78, 5) is 48.5. The number of hydrogen-bond acceptors (Lipinski definition) is 6. The second kappa shape index (κ2) is 8.27. The molecule has 148 valence electrons. The van der Waals surface area contributed by atoms with Gasteiger partial charge in [0.25, 0.3) is 16.8 Å². The number of nitro groups is 1. The van der Waals surface area contributed by atoms with Crippen LogP contribution in [-0.4, -0.2) is 33.4 Å². The Morgan fingerprint density at radius 3 is 2.48 bits per heavy atom. The molecule has 1 aliphatic rings. The Kier molecular flexibility index (Phi) is 5.79. The van der Waals surface area contributed by atoms with E-state index in [-0.39, 0.29) is 16.2 Å². The van der Waals surface area contributed by atoms with Gasteiger partial charge >= 0.3 is 0 Å². The van der Waals surface area contributed by atoms with E-state index in [0.717, 1.165) is 16.0 Å². The monoisotopic (exact) mass is 411 g/mol. The molecule has 0 unspecified atom stereocenters. The van der Waals surface area contributed by atoms with Gasteiger partial charge in [0.15, 0.2) is 0 Å². The van der Waals surface area contributed by atoms with Crippen LogP contribution >= 0.6 is 11.8 Å². The molecule has 3 rings (SSSR count). The first kappa shape index (κ1) is 20.3. The number of nitrogens with zero attached hydrogens (tertiary/aromatic N) is 2. The van der Waals surface area contributed by atoms with Gasteiger partial charge in [0, 0.05) is 11.8 Å². The lowest BCUT2D eigenvalue weighted by atomic mass is 10.1. The largest absolute Gasteiger partial charge is 0.325 e. The Bertz CT molecular complexity index is 1040. The number of carbonyl (C=O) groups excluding carboxylic acids is 3. The topological polar surface area (TPSA) is 110 Å². The number of nitrogens with one attached hydrogen (secondary N) is 1. The minimum atomic E-state index is -0.659. The summed E-state index contributed by atoms with van der Waals surface area (Å²) in [5.74, 6) is -1.17. The number of carbonyl (C=O) groups is 3. The fourth-order valence-electron chi connectivity index (χ4n) is 2.94. The molecule has 29 heavy (non-hydrogen) atoms. The second-order valence-electron chi connectivity index (χ2n) is 6.51. The van der Waals surface area contributed by atoms with Gasteiger partial charge in [0.2, 0.25) is 5.91 Å². The van der Waals surface area contributed by atoms with Crippen LogP contribution in [0.5, 0.6) is 0 Å². The van der Waals surface area contributed by atoms with E-state index >= 15 is 0 Å². The van der Waals surface area contributed by atoms with Gasteiger partial charge in [-0.2, -0.15) is 0 Å². The Hall–Kier alpha value is -3.46. The number of imide groups is 1. The van der Waals surface area contributed by atoms with Crippen molar-refractivity contribution < 1.29 is 19.3 Å². The minimum absolute atomic E-state index is 0.0310. The van der Waals surface area contributed by atoms with Crippen molar-refractivity contribution >= 4 is 46.3 Å². The minimum Gasteiger partial charge on any atom is -0.325 e. The zero-order valence-corrected chi connectivity index (χ0v) is 16.5. The average Bonchev–Trinajstić information content (AvgIpc) is 2.88. The first-order chi connectivity index (χ1) is 13.7. The molecule has 1 fully saturated rings. The zero-order chi connectivity index (χ0) is 21.1. The van der Waals surface area contributed by atoms with E-state index in [1.54, 1.807) is 18.2 Å². The van der Waals surface area contributed by atoms with Gasteiger partial charge in [0.1, 0.15) is 6.54 Å². The highest BCUT2D eigenvalue weighted by atomic mass is 32.2. The number of rotatable bonds is 5. The van der Waals surface area contributed by atoms with Crippen molar-refractivity contribution in [2.45, 2.75) is 13.8 Å². The predicted molar refractivity (Wildman–Crippen MR) is 110 cm³/mol. The van der Waals surface area contributed by atoms with Crippen molar-refractivity contribution in [1.29, 1.82) is 0 Å². The first-order valence-corrected chi connectivity index (χ1v) is 9.43. The second-order valence-corrected chi connectivity index (χ2v) is 7.50. The van der Waals surface area contributed by atoms with Crippen LogP contribution in [0.2, 0.25) is 0 Å². The molecule has 1 N–H and O–H groups in total. The maximum atomic E-state index is 12.6. The van der Waals surface area contributed by atoms with Crippen LogP contribution in [0.15, 0.2) is 47.4 Å². The summed E-state index contributed by atoms with van der Waals surface area (Å²) in [5, 5.41) is 13.2. The van der Waals surface area contributed by atoms with Gasteiger partial charge in [-0.05, 0) is 61.0 Å². The molecule has 1 heterocycles. The van der Waals surface area contributed by atoms with E-state index in [9.17, 15) is 24.5 Å². The molecule has 8 nitrogen and oxygen atoms in total. The molecule has 1 aliphatic heterocycles. The highest BCUT2D eigenvalue weighted by molar-refractivity contribution is 8.18. The number of hydrogen-bond donors (Lipinski definition) is 1. The summed E-state index contributed by atoms with van der Waals surface area (Å²) in [5.41, 5.74) is 2.56. The third kappa shape index (κ3) is 4.69. The lowest BCUT2D eigenvalue weighted by molar-refractivity contribution is -0.385. The molecule has 2 aromatic rings. The van der Waals surface area contributed by atoms with Gasteiger partial charge in [-0.25, -0.2) is 0 Å². The molecule has 1 saturated heterocycles. The Morgan fingerprint density at radius 2 is 1.83 bits per heavy atom. The predicted octanol–water partition coefficient (Wildman–Crippen LogP) is 3.89. The average molecular weight is 411 g/mol. The molecule has 0 spiro atoms. The number of thioether (sulfide) groups is 1. The summed E-state index contributed by atoms with van der Waals surface area (Å²) < 4.78 is 0. The van der Waals surface area contributed by atoms with Crippen LogP contribution < -0.4 is 5.32 Å². The summed E-state index contributed by atoms with van der Waals surface area (Å²) in [6, 6.07) is 11.4. The van der Waals surface area contributed by atoms with E-state index in [4.69, 9.17) is 0 Å². The molecule has 0 aromatic heterocycles. The van der Waals surface area contributed by atoms with Crippen LogP contribution in [-0.2, 0) is 9.59 Å². The quantitative estimate of drug-likeness (QED) is 0.454. The Balaban J connectivity index is 1.75. The SMILES string of the molecule is Cc1cc(C)cc(NC(=O)CN2C(=O)S/C(=C/c3ccccc3[N+](=O)[O-])C2=O)c1. The number of nitro benzene ring substituents is 1. The van der Waals surface area contributed by atoms with Crippen LogP contribution in [0.3, 0.4) is 0 Å². The molecule has 0 saturated carbocycles. The fraction of sp³-hybridized carbons (Fsp3) is 0.150.